The van der Waals surface area contributed by atoms with E-state index >= 15 is 0 Å². The van der Waals surface area contributed by atoms with E-state index in [4.69, 9.17) is 4.42 Å². The van der Waals surface area contributed by atoms with Gasteiger partial charge >= 0.3 is 6.03 Å². The Morgan fingerprint density at radius 2 is 2.27 bits per heavy atom. The van der Waals surface area contributed by atoms with Crippen LogP contribution in [0.4, 0.5) is 4.79 Å². The molecule has 120 valence electrons. The second-order valence-electron chi connectivity index (χ2n) is 5.45. The van der Waals surface area contributed by atoms with E-state index in [0.717, 1.165) is 18.7 Å². The number of aryl methyl sites for hydroxylation is 2. The minimum Gasteiger partial charge on any atom is -0.463 e. The van der Waals surface area contributed by atoms with E-state index < -0.39 is 5.60 Å². The second kappa shape index (κ2) is 7.13. The number of imidazole rings is 1. The molecular formula is C15H22N4O3. The lowest BCUT2D eigenvalue weighted by Crippen LogP contribution is -2.43. The van der Waals surface area contributed by atoms with Crippen molar-refractivity contribution in [3.63, 3.8) is 0 Å². The number of nitrogens with one attached hydrogen (secondary N) is 2. The molecular weight excluding hydrogens is 284 g/mol. The van der Waals surface area contributed by atoms with Gasteiger partial charge in [0, 0.05) is 25.5 Å². The summed E-state index contributed by atoms with van der Waals surface area (Å²) in [6.07, 6.45) is 6.14. The largest absolute Gasteiger partial charge is 0.463 e. The molecule has 2 amide bonds. The van der Waals surface area contributed by atoms with Crippen molar-refractivity contribution in [2.24, 2.45) is 0 Å². The van der Waals surface area contributed by atoms with Gasteiger partial charge in [0.15, 0.2) is 0 Å². The van der Waals surface area contributed by atoms with E-state index in [-0.39, 0.29) is 12.6 Å². The number of aliphatic hydroxyl groups is 1. The molecule has 0 bridgehead atoms. The maximum atomic E-state index is 11.7. The van der Waals surface area contributed by atoms with E-state index in [9.17, 15) is 9.90 Å². The van der Waals surface area contributed by atoms with Gasteiger partial charge in [-0.15, -0.1) is 0 Å². The number of carbonyl (C=O) groups excluding carboxylic acids is 1. The molecule has 0 saturated heterocycles. The monoisotopic (exact) mass is 306 g/mol. The minimum absolute atomic E-state index is 0.0767. The van der Waals surface area contributed by atoms with E-state index in [2.05, 4.69) is 15.6 Å². The summed E-state index contributed by atoms with van der Waals surface area (Å²) in [7, 11) is 0. The number of hydrogen-bond acceptors (Lipinski definition) is 4. The van der Waals surface area contributed by atoms with Crippen LogP contribution in [-0.4, -0.2) is 33.8 Å². The lowest BCUT2D eigenvalue weighted by molar-refractivity contribution is 0.0360. The zero-order valence-electron chi connectivity index (χ0n) is 12.9. The molecule has 2 rings (SSSR count). The van der Waals surface area contributed by atoms with Crippen molar-refractivity contribution in [3.05, 3.63) is 42.4 Å². The number of rotatable bonds is 7. The minimum atomic E-state index is -1.23. The first-order valence-electron chi connectivity index (χ1n) is 7.24. The molecule has 0 aromatic carbocycles. The maximum Gasteiger partial charge on any atom is 0.314 e. The normalized spacial score (nSPS) is 13.6. The van der Waals surface area contributed by atoms with Gasteiger partial charge in [-0.1, -0.05) is 0 Å². The van der Waals surface area contributed by atoms with Gasteiger partial charge < -0.3 is 24.7 Å². The first-order chi connectivity index (χ1) is 10.5. The number of urea groups is 1. The number of carbonyl (C=O) groups is 1. The lowest BCUT2D eigenvalue weighted by atomic mass is 10.0. The molecule has 0 aliphatic rings. The van der Waals surface area contributed by atoms with Gasteiger partial charge in [0.1, 0.15) is 17.1 Å². The summed E-state index contributed by atoms with van der Waals surface area (Å²) >= 11 is 0. The fraction of sp³-hybridized carbons (Fsp3) is 0.467. The number of amides is 2. The van der Waals surface area contributed by atoms with E-state index in [0.29, 0.717) is 12.3 Å². The average molecular weight is 306 g/mol. The maximum absolute atomic E-state index is 11.7. The highest BCUT2D eigenvalue weighted by Gasteiger charge is 2.27. The average Bonchev–Trinajstić information content (AvgIpc) is 3.13. The first-order valence-corrected chi connectivity index (χ1v) is 7.24. The van der Waals surface area contributed by atoms with Crippen LogP contribution in [0.15, 0.2) is 35.3 Å². The van der Waals surface area contributed by atoms with Gasteiger partial charge in [-0.3, -0.25) is 0 Å². The van der Waals surface area contributed by atoms with Crippen LogP contribution in [0.2, 0.25) is 0 Å². The highest BCUT2D eigenvalue weighted by molar-refractivity contribution is 5.73. The van der Waals surface area contributed by atoms with Gasteiger partial charge in [-0.2, -0.15) is 0 Å². The van der Waals surface area contributed by atoms with Crippen molar-refractivity contribution in [1.82, 2.24) is 20.2 Å². The van der Waals surface area contributed by atoms with Crippen LogP contribution >= 0.6 is 0 Å². The van der Waals surface area contributed by atoms with Gasteiger partial charge in [0.05, 0.1) is 12.9 Å². The molecule has 0 radical (unpaired) electrons. The first kappa shape index (κ1) is 16.1. The topological polar surface area (TPSA) is 92.3 Å². The Bertz CT molecular complexity index is 590. The standard InChI is InChI=1S/C15H22N4O3/c1-12-4-5-13(22-12)15(2,21)10-18-14(20)17-6-3-8-19-9-7-16-11-19/h4-5,7,9,11,21H,3,6,8,10H2,1-2H3,(H2,17,18,20). The molecule has 3 N–H and O–H groups in total. The van der Waals surface area contributed by atoms with Crippen molar-refractivity contribution in [2.45, 2.75) is 32.4 Å². The van der Waals surface area contributed by atoms with Gasteiger partial charge in [-0.25, -0.2) is 9.78 Å². The zero-order valence-corrected chi connectivity index (χ0v) is 12.9. The Morgan fingerprint density at radius 3 is 2.91 bits per heavy atom. The summed E-state index contributed by atoms with van der Waals surface area (Å²) < 4.78 is 7.34. The number of nitrogens with zero attached hydrogens (tertiary/aromatic N) is 2. The van der Waals surface area contributed by atoms with Gasteiger partial charge in [-0.05, 0) is 32.4 Å². The van der Waals surface area contributed by atoms with Crippen molar-refractivity contribution < 1.29 is 14.3 Å². The van der Waals surface area contributed by atoms with E-state index in [1.54, 1.807) is 38.5 Å². The van der Waals surface area contributed by atoms with Gasteiger partial charge in [0.25, 0.3) is 0 Å². The van der Waals surface area contributed by atoms with Crippen molar-refractivity contribution in [3.8, 4) is 0 Å². The van der Waals surface area contributed by atoms with E-state index in [1.807, 2.05) is 10.8 Å². The lowest BCUT2D eigenvalue weighted by Gasteiger charge is -2.21. The summed E-state index contributed by atoms with van der Waals surface area (Å²) in [4.78, 5) is 15.7. The third-order valence-corrected chi connectivity index (χ3v) is 3.30. The molecule has 0 fully saturated rings. The summed E-state index contributed by atoms with van der Waals surface area (Å²) in [5.74, 6) is 1.16. The highest BCUT2D eigenvalue weighted by atomic mass is 16.4. The van der Waals surface area contributed by atoms with Crippen LogP contribution in [0.1, 0.15) is 24.9 Å². The molecule has 22 heavy (non-hydrogen) atoms. The third-order valence-electron chi connectivity index (χ3n) is 3.30. The number of aromatic nitrogens is 2. The smallest absolute Gasteiger partial charge is 0.314 e. The van der Waals surface area contributed by atoms with Crippen molar-refractivity contribution >= 4 is 6.03 Å². The predicted octanol–water partition coefficient (Wildman–Crippen LogP) is 1.38. The van der Waals surface area contributed by atoms with Crippen molar-refractivity contribution in [1.29, 1.82) is 0 Å². The molecule has 2 aromatic heterocycles. The summed E-state index contributed by atoms with van der Waals surface area (Å²) in [5, 5.41) is 15.7. The number of hydrogen-bond donors (Lipinski definition) is 3. The van der Waals surface area contributed by atoms with E-state index in [1.165, 1.54) is 0 Å². The molecule has 7 heteroatoms. The third kappa shape index (κ3) is 4.63. The highest BCUT2D eigenvalue weighted by Crippen LogP contribution is 2.21. The molecule has 0 saturated carbocycles. The van der Waals surface area contributed by atoms with Crippen LogP contribution < -0.4 is 10.6 Å². The Morgan fingerprint density at radius 1 is 1.45 bits per heavy atom. The fourth-order valence-corrected chi connectivity index (χ4v) is 2.01. The number of furan rings is 1. The van der Waals surface area contributed by atoms with Crippen molar-refractivity contribution in [2.75, 3.05) is 13.1 Å². The van der Waals surface area contributed by atoms with Crippen LogP contribution in [0.3, 0.4) is 0 Å². The van der Waals surface area contributed by atoms with Crippen LogP contribution in [0.25, 0.3) is 0 Å². The van der Waals surface area contributed by atoms with Crippen LogP contribution in [-0.2, 0) is 12.1 Å². The summed E-state index contributed by atoms with van der Waals surface area (Å²) in [5.41, 5.74) is -1.23. The van der Waals surface area contributed by atoms with Gasteiger partial charge in [0.2, 0.25) is 0 Å². The molecule has 7 nitrogen and oxygen atoms in total. The molecule has 0 aliphatic carbocycles. The Kier molecular flexibility index (Phi) is 5.21. The molecule has 0 spiro atoms. The van der Waals surface area contributed by atoms with Crippen LogP contribution in [0, 0.1) is 6.92 Å². The molecule has 1 atom stereocenters. The molecule has 0 aliphatic heterocycles. The zero-order chi connectivity index (χ0) is 16.0. The molecule has 1 unspecified atom stereocenters. The Labute approximate surface area is 129 Å². The molecule has 2 aromatic rings. The predicted molar refractivity (Wildman–Crippen MR) is 81.3 cm³/mol. The molecule has 2 heterocycles. The second-order valence-corrected chi connectivity index (χ2v) is 5.45. The Balaban J connectivity index is 1.66. The Hall–Kier alpha value is -2.28. The summed E-state index contributed by atoms with van der Waals surface area (Å²) in [6.45, 7) is 4.83. The quantitative estimate of drug-likeness (QED) is 0.674. The fourth-order valence-electron chi connectivity index (χ4n) is 2.01. The SMILES string of the molecule is Cc1ccc(C(C)(O)CNC(=O)NCCCn2ccnc2)o1. The van der Waals surface area contributed by atoms with Crippen LogP contribution in [0.5, 0.6) is 0 Å². The summed E-state index contributed by atoms with van der Waals surface area (Å²) in [6, 6.07) is 3.18.